The molecule has 0 spiro atoms. The van der Waals surface area contributed by atoms with E-state index >= 15 is 0 Å². The number of hydrogen-bond acceptors (Lipinski definition) is 6. The number of amides is 1. The number of rotatable bonds is 4. The normalized spacial score (nSPS) is 21.9. The van der Waals surface area contributed by atoms with E-state index in [0.29, 0.717) is 31.9 Å². The van der Waals surface area contributed by atoms with Crippen molar-refractivity contribution in [3.8, 4) is 0 Å². The molecule has 0 saturated carbocycles. The summed E-state index contributed by atoms with van der Waals surface area (Å²) in [4.78, 5) is 14.9. The molecule has 0 N–H and O–H groups in total. The van der Waals surface area contributed by atoms with Crippen molar-refractivity contribution in [1.29, 1.82) is 0 Å². The third-order valence-corrected chi connectivity index (χ3v) is 4.31. The van der Waals surface area contributed by atoms with Gasteiger partial charge in [-0.1, -0.05) is 0 Å². The Balaban J connectivity index is 1.55. The highest BCUT2D eigenvalue weighted by Crippen LogP contribution is 2.33. The van der Waals surface area contributed by atoms with E-state index in [1.54, 1.807) is 12.5 Å². The summed E-state index contributed by atoms with van der Waals surface area (Å²) in [6, 6.07) is 7.14. The zero-order valence-electron chi connectivity index (χ0n) is 13.3. The minimum absolute atomic E-state index is 0.0418. The smallest absolute Gasteiger partial charge is 0.257 e. The van der Waals surface area contributed by atoms with Crippen molar-refractivity contribution in [3.05, 3.63) is 48.3 Å². The predicted octanol–water partition coefficient (Wildman–Crippen LogP) is 1.88. The summed E-state index contributed by atoms with van der Waals surface area (Å²) in [6.45, 7) is 3.18. The molecule has 1 fully saturated rings. The van der Waals surface area contributed by atoms with Crippen LogP contribution in [0.4, 0.5) is 0 Å². The minimum atomic E-state index is -0.228. The molecule has 2 aromatic rings. The van der Waals surface area contributed by atoms with Crippen LogP contribution in [0.5, 0.6) is 0 Å². The van der Waals surface area contributed by atoms with Gasteiger partial charge in [-0.2, -0.15) is 5.10 Å². The van der Waals surface area contributed by atoms with E-state index in [0.717, 1.165) is 24.6 Å². The summed E-state index contributed by atoms with van der Waals surface area (Å²) in [5.41, 5.74) is 0.761. The van der Waals surface area contributed by atoms with Gasteiger partial charge < -0.3 is 13.6 Å². The maximum Gasteiger partial charge on any atom is 0.257 e. The van der Waals surface area contributed by atoms with Crippen LogP contribution in [0.25, 0.3) is 0 Å². The minimum Gasteiger partial charge on any atom is -0.467 e. The molecule has 4 heterocycles. The lowest BCUT2D eigenvalue weighted by Crippen LogP contribution is -2.43. The van der Waals surface area contributed by atoms with Gasteiger partial charge in [-0.15, -0.1) is 0 Å². The van der Waals surface area contributed by atoms with Crippen molar-refractivity contribution >= 4 is 11.6 Å². The number of ether oxygens (including phenoxy) is 1. The average molecular weight is 329 g/mol. The van der Waals surface area contributed by atoms with Gasteiger partial charge in [0.15, 0.2) is 0 Å². The molecule has 2 aliphatic rings. The van der Waals surface area contributed by atoms with Crippen LogP contribution >= 0.6 is 0 Å². The molecule has 2 aromatic heterocycles. The molecular formula is C17H19N3O4. The lowest BCUT2D eigenvalue weighted by atomic mass is 10.1. The first-order valence-corrected chi connectivity index (χ1v) is 8.08. The average Bonchev–Trinajstić information content (AvgIpc) is 3.35. The Kier molecular flexibility index (Phi) is 4.18. The second-order valence-corrected chi connectivity index (χ2v) is 5.89. The van der Waals surface area contributed by atoms with Gasteiger partial charge in [0.1, 0.15) is 23.3 Å². The molecule has 1 amide bonds. The van der Waals surface area contributed by atoms with Gasteiger partial charge in [-0.25, -0.2) is 5.01 Å². The molecule has 0 bridgehead atoms. The summed E-state index contributed by atoms with van der Waals surface area (Å²) in [5.74, 6) is 1.38. The number of carbonyl (C=O) groups excluding carboxylic acids is 1. The Morgan fingerprint density at radius 3 is 2.67 bits per heavy atom. The number of hydrazone groups is 1. The standard InChI is InChI=1S/C17H19N3O4/c21-17(12-19-5-9-22-10-6-19)20-14(16-4-2-8-24-16)11-13(18-20)15-3-1-7-23-15/h1-4,7-8,14H,5-6,9-12H2. The largest absolute Gasteiger partial charge is 0.467 e. The van der Waals surface area contributed by atoms with Crippen molar-refractivity contribution in [2.24, 2.45) is 5.10 Å². The third kappa shape index (κ3) is 3.00. The van der Waals surface area contributed by atoms with Crippen LogP contribution in [0.1, 0.15) is 24.0 Å². The van der Waals surface area contributed by atoms with Gasteiger partial charge in [-0.3, -0.25) is 9.69 Å². The number of hydrogen-bond donors (Lipinski definition) is 0. The number of furan rings is 2. The van der Waals surface area contributed by atoms with Gasteiger partial charge in [0, 0.05) is 19.5 Å². The molecular weight excluding hydrogens is 310 g/mol. The molecule has 0 aromatic carbocycles. The Morgan fingerprint density at radius 2 is 1.96 bits per heavy atom. The molecule has 0 radical (unpaired) electrons. The first kappa shape index (κ1) is 15.2. The van der Waals surface area contributed by atoms with E-state index in [4.69, 9.17) is 13.6 Å². The summed E-state index contributed by atoms with van der Waals surface area (Å²) >= 11 is 0. The van der Waals surface area contributed by atoms with Gasteiger partial charge in [0.2, 0.25) is 0 Å². The number of morpholine rings is 1. The quantitative estimate of drug-likeness (QED) is 0.856. The van der Waals surface area contributed by atoms with Crippen molar-refractivity contribution in [2.45, 2.75) is 12.5 Å². The van der Waals surface area contributed by atoms with Gasteiger partial charge in [0.25, 0.3) is 5.91 Å². The first-order valence-electron chi connectivity index (χ1n) is 8.08. The fraction of sp³-hybridized carbons (Fsp3) is 0.412. The molecule has 1 unspecified atom stereocenters. The Labute approximate surface area is 139 Å². The molecule has 2 aliphatic heterocycles. The first-order chi connectivity index (χ1) is 11.8. The summed E-state index contributed by atoms with van der Waals surface area (Å²) in [5, 5.41) is 6.06. The molecule has 1 saturated heterocycles. The van der Waals surface area contributed by atoms with E-state index < -0.39 is 0 Å². The number of nitrogens with zero attached hydrogens (tertiary/aromatic N) is 3. The topological polar surface area (TPSA) is 71.4 Å². The Hall–Kier alpha value is -2.38. The molecule has 0 aliphatic carbocycles. The van der Waals surface area contributed by atoms with Crippen molar-refractivity contribution in [1.82, 2.24) is 9.91 Å². The second kappa shape index (κ2) is 6.62. The third-order valence-electron chi connectivity index (χ3n) is 4.31. The van der Waals surface area contributed by atoms with Crippen LogP contribution in [0.3, 0.4) is 0 Å². The monoisotopic (exact) mass is 329 g/mol. The fourth-order valence-corrected chi connectivity index (χ4v) is 3.06. The van der Waals surface area contributed by atoms with Crippen LogP contribution in [0.15, 0.2) is 50.7 Å². The van der Waals surface area contributed by atoms with Gasteiger partial charge >= 0.3 is 0 Å². The van der Waals surface area contributed by atoms with E-state index in [-0.39, 0.29) is 11.9 Å². The van der Waals surface area contributed by atoms with Crippen molar-refractivity contribution < 1.29 is 18.4 Å². The zero-order chi connectivity index (χ0) is 16.4. The Bertz CT molecular complexity index is 702. The van der Waals surface area contributed by atoms with Crippen molar-refractivity contribution in [3.63, 3.8) is 0 Å². The molecule has 24 heavy (non-hydrogen) atoms. The lowest BCUT2D eigenvalue weighted by molar-refractivity contribution is -0.135. The molecule has 7 nitrogen and oxygen atoms in total. The predicted molar refractivity (Wildman–Crippen MR) is 85.4 cm³/mol. The Morgan fingerprint density at radius 1 is 1.17 bits per heavy atom. The second-order valence-electron chi connectivity index (χ2n) is 5.89. The zero-order valence-corrected chi connectivity index (χ0v) is 13.3. The van der Waals surface area contributed by atoms with Crippen LogP contribution in [0.2, 0.25) is 0 Å². The maximum atomic E-state index is 12.8. The highest BCUT2D eigenvalue weighted by atomic mass is 16.5. The van der Waals surface area contributed by atoms with E-state index in [9.17, 15) is 4.79 Å². The lowest BCUT2D eigenvalue weighted by Gasteiger charge is -2.28. The van der Waals surface area contributed by atoms with Crippen LogP contribution in [-0.2, 0) is 9.53 Å². The van der Waals surface area contributed by atoms with Gasteiger partial charge in [0.05, 0.1) is 32.3 Å². The van der Waals surface area contributed by atoms with Crippen LogP contribution in [0, 0.1) is 0 Å². The highest BCUT2D eigenvalue weighted by Gasteiger charge is 2.36. The number of carbonyl (C=O) groups is 1. The molecule has 4 rings (SSSR count). The molecule has 7 heteroatoms. The van der Waals surface area contributed by atoms with Crippen LogP contribution in [-0.4, -0.2) is 54.4 Å². The van der Waals surface area contributed by atoms with Gasteiger partial charge in [-0.05, 0) is 24.3 Å². The fourth-order valence-electron chi connectivity index (χ4n) is 3.06. The molecule has 126 valence electrons. The van der Waals surface area contributed by atoms with Crippen molar-refractivity contribution in [2.75, 3.05) is 32.8 Å². The summed E-state index contributed by atoms with van der Waals surface area (Å²) < 4.78 is 16.3. The summed E-state index contributed by atoms with van der Waals surface area (Å²) in [6.07, 6.45) is 3.80. The molecule has 1 atom stereocenters. The SMILES string of the molecule is O=C(CN1CCOCC1)N1N=C(c2ccco2)CC1c1ccco1. The van der Waals surface area contributed by atoms with E-state index in [1.807, 2.05) is 24.3 Å². The van der Waals surface area contributed by atoms with E-state index in [2.05, 4.69) is 10.0 Å². The maximum absolute atomic E-state index is 12.8. The van der Waals surface area contributed by atoms with Crippen LogP contribution < -0.4 is 0 Å². The van der Waals surface area contributed by atoms with E-state index in [1.165, 1.54) is 5.01 Å². The summed E-state index contributed by atoms with van der Waals surface area (Å²) in [7, 11) is 0. The highest BCUT2D eigenvalue weighted by molar-refractivity contribution is 6.01.